The number of fused-ring (bicyclic) bond motifs is 7. The van der Waals surface area contributed by atoms with Crippen molar-refractivity contribution in [2.75, 3.05) is 25.1 Å². The Morgan fingerprint density at radius 3 is 2.44 bits per heavy atom. The van der Waals surface area contributed by atoms with Crippen LogP contribution in [0.2, 0.25) is 0 Å². The molecule has 1 aliphatic heterocycles. The molecular formula is C55H77F2N5O11. The first kappa shape index (κ1) is 56.0. The Bertz CT molecular complexity index is 2310. The van der Waals surface area contributed by atoms with Crippen LogP contribution in [-0.2, 0) is 38.2 Å². The lowest BCUT2D eigenvalue weighted by molar-refractivity contribution is -0.234. The van der Waals surface area contributed by atoms with E-state index in [0.717, 1.165) is 32.1 Å². The van der Waals surface area contributed by atoms with Crippen molar-refractivity contribution in [3.8, 4) is 17.6 Å². The number of hydrogen-bond acceptors (Lipinski definition) is 12. The summed E-state index contributed by atoms with van der Waals surface area (Å²) < 4.78 is 58.8. The van der Waals surface area contributed by atoms with Crippen molar-refractivity contribution in [2.45, 2.75) is 191 Å². The predicted octanol–water partition coefficient (Wildman–Crippen LogP) is 5.19. The maximum Gasteiger partial charge on any atom is 0.246 e. The Morgan fingerprint density at radius 1 is 0.959 bits per heavy atom. The molecule has 73 heavy (non-hydrogen) atoms. The van der Waals surface area contributed by atoms with Gasteiger partial charge < -0.3 is 56.2 Å². The molecule has 7 rings (SSSR count). The number of anilines is 1. The molecule has 3 unspecified atom stereocenters. The number of allylic oxidation sites excluding steroid dienone is 2. The van der Waals surface area contributed by atoms with Crippen LogP contribution in [0, 0.1) is 40.4 Å². The number of amides is 4. The second kappa shape index (κ2) is 23.4. The van der Waals surface area contributed by atoms with Crippen LogP contribution in [0.15, 0.2) is 48.1 Å². The first-order chi connectivity index (χ1) is 34.7. The van der Waals surface area contributed by atoms with E-state index in [2.05, 4.69) is 33.1 Å². The second-order valence-electron chi connectivity index (χ2n) is 21.8. The molecule has 0 bridgehead atoms. The van der Waals surface area contributed by atoms with Crippen LogP contribution in [0.5, 0.6) is 5.75 Å². The summed E-state index contributed by atoms with van der Waals surface area (Å²) in [4.78, 5) is 66.7. The van der Waals surface area contributed by atoms with E-state index in [-0.39, 0.29) is 49.4 Å². The van der Waals surface area contributed by atoms with Gasteiger partial charge in [0.05, 0.1) is 24.4 Å². The normalized spacial score (nSPS) is 34.4. The Morgan fingerprint density at radius 2 is 1.71 bits per heavy atom. The number of ether oxygens (including phenoxy) is 4. The zero-order valence-electron chi connectivity index (χ0n) is 43.2. The SMILES string of the molecule is CCCC1O[C@@H]2C[C@H]3[C@@H]4C[C@H](F)C5=CC(O)C=C[C@]5(C)[C@@]4(F)[C@@H](O)C[C@]3(C)[C@]2(C(=O)COc2ccc(NC(=O)[C@H](C)NC(=O)[C@@H](NC(=O)[C@@H](N)CCCCNC(=O)COC3C#CCCCCC3)C(C)C)cc2)O1. The van der Waals surface area contributed by atoms with Crippen molar-refractivity contribution in [1.82, 2.24) is 16.0 Å². The molecule has 18 heteroatoms. The Hall–Kier alpha value is -4.77. The van der Waals surface area contributed by atoms with E-state index in [1.54, 1.807) is 45.0 Å². The third-order valence-corrected chi connectivity index (χ3v) is 16.5. The van der Waals surface area contributed by atoms with Crippen molar-refractivity contribution in [3.05, 3.63) is 48.1 Å². The van der Waals surface area contributed by atoms with Crippen LogP contribution in [0.3, 0.4) is 0 Å². The molecule has 0 spiro atoms. The summed E-state index contributed by atoms with van der Waals surface area (Å²) in [5, 5.41) is 33.2. The molecule has 1 aromatic carbocycles. The summed E-state index contributed by atoms with van der Waals surface area (Å²) in [6.45, 7) is 10.3. The molecule has 6 aliphatic rings. The molecular weight excluding hydrogens is 945 g/mol. The lowest BCUT2D eigenvalue weighted by Crippen LogP contribution is -2.71. The van der Waals surface area contributed by atoms with Crippen molar-refractivity contribution < 1.29 is 61.9 Å². The van der Waals surface area contributed by atoms with E-state index in [4.69, 9.17) is 24.7 Å². The summed E-state index contributed by atoms with van der Waals surface area (Å²) >= 11 is 0. The molecule has 402 valence electrons. The fraction of sp³-hybridized carbons (Fsp3) is 0.691. The summed E-state index contributed by atoms with van der Waals surface area (Å²) in [7, 11) is 0. The molecule has 0 radical (unpaired) electrons. The molecule has 8 N–H and O–H groups in total. The molecule has 0 aromatic heterocycles. The Balaban J connectivity index is 0.887. The van der Waals surface area contributed by atoms with Crippen LogP contribution in [-0.4, -0.2) is 126 Å². The maximum atomic E-state index is 17.9. The van der Waals surface area contributed by atoms with Crippen LogP contribution in [0.25, 0.3) is 0 Å². The third kappa shape index (κ3) is 11.4. The zero-order chi connectivity index (χ0) is 52.9. The highest BCUT2D eigenvalue weighted by Crippen LogP contribution is 2.72. The maximum absolute atomic E-state index is 17.9. The van der Waals surface area contributed by atoms with Crippen molar-refractivity contribution in [1.29, 1.82) is 0 Å². The number of benzene rings is 1. The van der Waals surface area contributed by atoms with Crippen LogP contribution < -0.4 is 31.7 Å². The average molecular weight is 1020 g/mol. The second-order valence-corrected chi connectivity index (χ2v) is 21.8. The molecule has 1 saturated heterocycles. The molecule has 4 amide bonds. The van der Waals surface area contributed by atoms with E-state index >= 15 is 8.78 Å². The van der Waals surface area contributed by atoms with E-state index in [9.17, 15) is 34.2 Å². The Labute approximate surface area is 428 Å². The highest BCUT2D eigenvalue weighted by atomic mass is 19.1. The van der Waals surface area contributed by atoms with Gasteiger partial charge in [-0.3, -0.25) is 24.0 Å². The largest absolute Gasteiger partial charge is 0.486 e. The smallest absolute Gasteiger partial charge is 0.246 e. The van der Waals surface area contributed by atoms with E-state index in [0.29, 0.717) is 50.1 Å². The number of nitrogens with two attached hydrogens (primary N) is 1. The number of halogens is 2. The minimum atomic E-state index is -2.29. The number of hydrogen-bond donors (Lipinski definition) is 7. The number of carbonyl (C=O) groups is 5. The minimum absolute atomic E-state index is 0.0666. The van der Waals surface area contributed by atoms with Gasteiger partial charge in [0.25, 0.3) is 0 Å². The number of aliphatic hydroxyl groups is 2. The van der Waals surface area contributed by atoms with Gasteiger partial charge in [-0.1, -0.05) is 58.6 Å². The van der Waals surface area contributed by atoms with Gasteiger partial charge in [0, 0.05) is 35.4 Å². The lowest BCUT2D eigenvalue weighted by atomic mass is 9.44. The van der Waals surface area contributed by atoms with E-state index < -0.39 is 113 Å². The number of alkyl halides is 2. The number of ketones is 1. The number of unbranched alkanes of at least 4 members (excludes halogenated alkanes) is 1. The van der Waals surface area contributed by atoms with Gasteiger partial charge in [-0.25, -0.2) is 8.78 Å². The summed E-state index contributed by atoms with van der Waals surface area (Å²) in [5.74, 6) is 2.24. The fourth-order valence-corrected chi connectivity index (χ4v) is 12.5. The highest BCUT2D eigenvalue weighted by Gasteiger charge is 2.80. The van der Waals surface area contributed by atoms with Gasteiger partial charge in [0.2, 0.25) is 29.4 Å². The fourth-order valence-electron chi connectivity index (χ4n) is 12.5. The van der Waals surface area contributed by atoms with Crippen LogP contribution in [0.4, 0.5) is 14.5 Å². The summed E-state index contributed by atoms with van der Waals surface area (Å²) in [6.07, 6.45) is 5.63. The highest BCUT2D eigenvalue weighted by molar-refractivity contribution is 5.98. The molecule has 1 heterocycles. The zero-order valence-corrected chi connectivity index (χ0v) is 43.2. The summed E-state index contributed by atoms with van der Waals surface area (Å²) in [5.41, 5.74) is 0.0777. The lowest BCUT2D eigenvalue weighted by Gasteiger charge is -2.63. The number of rotatable bonds is 21. The van der Waals surface area contributed by atoms with E-state index in [1.165, 1.54) is 25.2 Å². The minimum Gasteiger partial charge on any atom is -0.486 e. The van der Waals surface area contributed by atoms with Crippen LogP contribution in [0.1, 0.15) is 125 Å². The first-order valence-electron chi connectivity index (χ1n) is 26.4. The molecule has 4 fully saturated rings. The van der Waals surface area contributed by atoms with Gasteiger partial charge in [0.1, 0.15) is 43.3 Å². The van der Waals surface area contributed by atoms with Gasteiger partial charge in [-0.05, 0) is 126 Å². The van der Waals surface area contributed by atoms with Gasteiger partial charge >= 0.3 is 0 Å². The number of Topliss-reactive ketones (excluding diaryl/α,β-unsaturated/α-hetero) is 1. The van der Waals surface area contributed by atoms with Gasteiger partial charge in [-0.15, -0.1) is 5.92 Å². The molecule has 15 atom stereocenters. The molecule has 16 nitrogen and oxygen atoms in total. The van der Waals surface area contributed by atoms with Crippen molar-refractivity contribution >= 4 is 35.1 Å². The van der Waals surface area contributed by atoms with E-state index in [1.807, 2.05) is 13.8 Å². The predicted molar refractivity (Wildman–Crippen MR) is 268 cm³/mol. The molecule has 3 saturated carbocycles. The third-order valence-electron chi connectivity index (χ3n) is 16.5. The average Bonchev–Trinajstić information content (AvgIpc) is 3.82. The quantitative estimate of drug-likeness (QED) is 0.0479. The number of aliphatic hydroxyl groups excluding tert-OH is 2. The van der Waals surface area contributed by atoms with Gasteiger partial charge in [-0.2, -0.15) is 0 Å². The standard InChI is InChI=1S/C55H77F2N5O11/c1-7-15-47-72-45-28-38-39-27-41(56)40-26-35(63)23-24-52(40,5)54(39,57)43(64)29-53(38,6)55(45,73-47)44(65)30-70-37-21-19-34(20-22-37)61-49(67)33(4)60-51(69)48(32(2)3)62-50(68)42(58)18-13-14-25-59-46(66)31-71-36-16-11-9-8-10-12-17-36/h19-24,26,32-33,35-36,38-39,41-43,45,47-48,63-64H,7-11,13-16,18,25,27-31,58H2,1-6H3,(H,59,66)(H,60,69)(H,61,67)(H,62,68)/t33-,35?,36?,38-,39-,41-,42-,43-,45+,47?,48-,52-,53-,54-,55+/m0/s1. The van der Waals surface area contributed by atoms with Crippen molar-refractivity contribution in [2.24, 2.45) is 34.3 Å². The first-order valence-corrected chi connectivity index (χ1v) is 26.4. The van der Waals surface area contributed by atoms with Gasteiger partial charge in [0.15, 0.2) is 17.6 Å². The monoisotopic (exact) mass is 1020 g/mol. The molecule has 1 aromatic rings. The number of nitrogens with one attached hydrogen (secondary N) is 4. The molecule has 5 aliphatic carbocycles. The van der Waals surface area contributed by atoms with Crippen LogP contribution >= 0.6 is 0 Å². The topological polar surface area (TPSA) is 237 Å². The summed E-state index contributed by atoms with van der Waals surface area (Å²) in [6, 6.07) is 3.38. The van der Waals surface area contributed by atoms with Crippen molar-refractivity contribution in [3.63, 3.8) is 0 Å². The Kier molecular flexibility index (Phi) is 18.0. The number of carbonyl (C=O) groups excluding carboxylic acids is 5.